The van der Waals surface area contributed by atoms with Crippen LogP contribution in [0.15, 0.2) is 17.6 Å². The molecule has 0 unspecified atom stereocenters. The first kappa shape index (κ1) is 6.63. The van der Waals surface area contributed by atoms with Gasteiger partial charge in [-0.3, -0.25) is 0 Å². The molecule has 0 amide bonds. The lowest BCUT2D eigenvalue weighted by Crippen LogP contribution is -1.80. The van der Waals surface area contributed by atoms with Crippen molar-refractivity contribution in [1.82, 2.24) is 19.9 Å². The van der Waals surface area contributed by atoms with E-state index in [-0.39, 0.29) is 5.82 Å². The molecule has 0 aliphatic rings. The second kappa shape index (κ2) is 2.52. The minimum absolute atomic E-state index is 0.257. The van der Waals surface area contributed by atoms with Crippen molar-refractivity contribution in [2.45, 2.75) is 0 Å². The Morgan fingerprint density at radius 2 is 2.33 bits per heavy atom. The molecule has 2 rings (SSSR count). The number of hydrogen-bond donors (Lipinski definition) is 1. The minimum Gasteiger partial charge on any atom is -0.340 e. The number of nitrogens with zero attached hydrogens (tertiary/aromatic N) is 4. The van der Waals surface area contributed by atoms with Crippen LogP contribution in [0.3, 0.4) is 0 Å². The highest BCUT2D eigenvalue weighted by Crippen LogP contribution is 2.16. The van der Waals surface area contributed by atoms with Gasteiger partial charge in [0.1, 0.15) is 11.8 Å². The van der Waals surface area contributed by atoms with E-state index in [0.29, 0.717) is 11.2 Å². The number of aromatic nitrogens is 4. The van der Waals surface area contributed by atoms with E-state index in [4.69, 9.17) is 0 Å². The quantitative estimate of drug-likeness (QED) is 0.482. The van der Waals surface area contributed by atoms with Crippen molar-refractivity contribution in [3.8, 4) is 0 Å². The molecule has 2 aromatic rings. The Hall–Kier alpha value is -2.07. The highest BCUT2D eigenvalue weighted by atomic mass is 16.1. The normalized spacial score (nSPS) is 9.67. The van der Waals surface area contributed by atoms with Crippen LogP contribution in [0.2, 0.25) is 0 Å². The van der Waals surface area contributed by atoms with Crippen molar-refractivity contribution in [3.05, 3.63) is 12.7 Å². The average molecular weight is 161 g/mol. The Morgan fingerprint density at radius 3 is 3.17 bits per heavy atom. The predicted molar refractivity (Wildman–Crippen MR) is 39.5 cm³/mol. The summed E-state index contributed by atoms with van der Waals surface area (Å²) in [6, 6.07) is 0. The lowest BCUT2D eigenvalue weighted by molar-refractivity contribution is 0.565. The number of H-pyrrole nitrogens is 1. The van der Waals surface area contributed by atoms with Gasteiger partial charge in [0.25, 0.3) is 0 Å². The Bertz CT molecular complexity index is 456. The van der Waals surface area contributed by atoms with Crippen LogP contribution < -0.4 is 0 Å². The smallest absolute Gasteiger partial charge is 0.242 e. The second-order valence-corrected chi connectivity index (χ2v) is 2.00. The molecule has 0 spiro atoms. The molecular formula is C6H3N5O. The molecule has 0 saturated carbocycles. The highest BCUT2D eigenvalue weighted by molar-refractivity contribution is 5.81. The van der Waals surface area contributed by atoms with Gasteiger partial charge in [-0.25, -0.2) is 19.7 Å². The van der Waals surface area contributed by atoms with Crippen LogP contribution in [-0.2, 0) is 4.79 Å². The number of fused-ring (bicyclic) bond motifs is 1. The van der Waals surface area contributed by atoms with Crippen LogP contribution in [0.25, 0.3) is 11.2 Å². The molecule has 0 fully saturated rings. The molecule has 0 atom stereocenters. The molecule has 0 aliphatic carbocycles. The molecule has 0 saturated heterocycles. The summed E-state index contributed by atoms with van der Waals surface area (Å²) < 4.78 is 0. The maximum absolute atomic E-state index is 9.95. The van der Waals surface area contributed by atoms with Gasteiger partial charge in [0.2, 0.25) is 6.08 Å². The van der Waals surface area contributed by atoms with E-state index in [9.17, 15) is 4.79 Å². The number of isocyanates is 1. The summed E-state index contributed by atoms with van der Waals surface area (Å²) in [5.74, 6) is 0.257. The largest absolute Gasteiger partial charge is 0.340 e. The molecule has 6 nitrogen and oxygen atoms in total. The first-order valence-electron chi connectivity index (χ1n) is 3.14. The summed E-state index contributed by atoms with van der Waals surface area (Å²) in [4.78, 5) is 27.6. The number of rotatable bonds is 1. The number of hydrogen-bond acceptors (Lipinski definition) is 5. The first-order chi connectivity index (χ1) is 5.92. The third-order valence-electron chi connectivity index (χ3n) is 1.35. The molecule has 12 heavy (non-hydrogen) atoms. The van der Waals surface area contributed by atoms with E-state index in [1.54, 1.807) is 0 Å². The predicted octanol–water partition coefficient (Wildman–Crippen LogP) is 0.320. The summed E-state index contributed by atoms with van der Waals surface area (Å²) in [5, 5.41) is 0. The van der Waals surface area contributed by atoms with Crippen molar-refractivity contribution in [2.24, 2.45) is 4.99 Å². The summed E-state index contributed by atoms with van der Waals surface area (Å²) in [6.07, 6.45) is 4.16. The zero-order chi connectivity index (χ0) is 8.39. The minimum atomic E-state index is 0.257. The summed E-state index contributed by atoms with van der Waals surface area (Å²) in [5.41, 5.74) is 1.03. The zero-order valence-corrected chi connectivity index (χ0v) is 5.85. The molecule has 6 heteroatoms. The third-order valence-corrected chi connectivity index (χ3v) is 1.35. The Balaban J connectivity index is 2.81. The van der Waals surface area contributed by atoms with Gasteiger partial charge < -0.3 is 4.98 Å². The van der Waals surface area contributed by atoms with Crippen LogP contribution in [0.4, 0.5) is 5.82 Å². The maximum atomic E-state index is 9.95. The second-order valence-electron chi connectivity index (χ2n) is 2.00. The SMILES string of the molecule is O=C=Nc1ncnc2nc[nH]c12. The number of nitrogens with one attached hydrogen (secondary N) is 1. The Morgan fingerprint density at radius 1 is 1.42 bits per heavy atom. The van der Waals surface area contributed by atoms with E-state index in [1.807, 2.05) is 0 Å². The van der Waals surface area contributed by atoms with Crippen LogP contribution in [0.1, 0.15) is 0 Å². The zero-order valence-electron chi connectivity index (χ0n) is 5.85. The van der Waals surface area contributed by atoms with E-state index in [2.05, 4.69) is 24.9 Å². The molecule has 0 radical (unpaired) electrons. The van der Waals surface area contributed by atoms with Crippen molar-refractivity contribution in [3.63, 3.8) is 0 Å². The first-order valence-corrected chi connectivity index (χ1v) is 3.14. The van der Waals surface area contributed by atoms with Crippen LogP contribution >= 0.6 is 0 Å². The average Bonchev–Trinajstić information content (AvgIpc) is 2.53. The fourth-order valence-electron chi connectivity index (χ4n) is 0.880. The van der Waals surface area contributed by atoms with Crippen molar-refractivity contribution in [2.75, 3.05) is 0 Å². The molecule has 2 heterocycles. The molecule has 0 aromatic carbocycles. The molecule has 0 bridgehead atoms. The molecule has 2 aromatic heterocycles. The Kier molecular flexibility index (Phi) is 1.39. The van der Waals surface area contributed by atoms with Gasteiger partial charge in [0.15, 0.2) is 11.5 Å². The number of aliphatic imine (C=N–C) groups is 1. The van der Waals surface area contributed by atoms with Crippen LogP contribution in [-0.4, -0.2) is 26.0 Å². The lowest BCUT2D eigenvalue weighted by atomic mass is 10.5. The van der Waals surface area contributed by atoms with Crippen molar-refractivity contribution < 1.29 is 4.79 Å². The fourth-order valence-corrected chi connectivity index (χ4v) is 0.880. The van der Waals surface area contributed by atoms with E-state index in [0.717, 1.165) is 0 Å². The van der Waals surface area contributed by atoms with Gasteiger partial charge in [-0.1, -0.05) is 0 Å². The molecule has 58 valence electrons. The molecular weight excluding hydrogens is 158 g/mol. The summed E-state index contributed by atoms with van der Waals surface area (Å²) in [6.45, 7) is 0. The van der Waals surface area contributed by atoms with E-state index >= 15 is 0 Å². The standard InChI is InChI=1S/C6H3N5O/c12-3-11-6-4-5(8-1-7-4)9-2-10-6/h1-2H,(H,7,8,9,10). The summed E-state index contributed by atoms with van der Waals surface area (Å²) >= 11 is 0. The highest BCUT2D eigenvalue weighted by Gasteiger charge is 2.02. The van der Waals surface area contributed by atoms with Gasteiger partial charge >= 0.3 is 0 Å². The van der Waals surface area contributed by atoms with Crippen molar-refractivity contribution in [1.29, 1.82) is 0 Å². The molecule has 0 aliphatic heterocycles. The van der Waals surface area contributed by atoms with E-state index in [1.165, 1.54) is 18.7 Å². The van der Waals surface area contributed by atoms with Gasteiger partial charge in [0, 0.05) is 0 Å². The van der Waals surface area contributed by atoms with Gasteiger partial charge in [-0.05, 0) is 0 Å². The maximum Gasteiger partial charge on any atom is 0.242 e. The topological polar surface area (TPSA) is 83.9 Å². The number of carbonyl (C=O) groups excluding carboxylic acids is 1. The molecule has 1 N–H and O–H groups in total. The third kappa shape index (κ3) is 0.869. The van der Waals surface area contributed by atoms with E-state index < -0.39 is 0 Å². The summed E-state index contributed by atoms with van der Waals surface area (Å²) in [7, 11) is 0. The van der Waals surface area contributed by atoms with Crippen LogP contribution in [0, 0.1) is 0 Å². The van der Waals surface area contributed by atoms with Crippen LogP contribution in [0.5, 0.6) is 0 Å². The Labute approximate surface area is 66.4 Å². The monoisotopic (exact) mass is 161 g/mol. The number of aromatic amines is 1. The van der Waals surface area contributed by atoms with Gasteiger partial charge in [0.05, 0.1) is 6.33 Å². The van der Waals surface area contributed by atoms with Gasteiger partial charge in [-0.2, -0.15) is 0 Å². The number of imidazole rings is 1. The fraction of sp³-hybridized carbons (Fsp3) is 0. The van der Waals surface area contributed by atoms with Gasteiger partial charge in [-0.15, -0.1) is 4.99 Å². The van der Waals surface area contributed by atoms with Crippen molar-refractivity contribution >= 4 is 23.1 Å². The lowest BCUT2D eigenvalue weighted by Gasteiger charge is -1.88.